The van der Waals surface area contributed by atoms with Gasteiger partial charge in [-0.1, -0.05) is 0 Å². The smallest absolute Gasteiger partial charge is 0.271 e. The van der Waals surface area contributed by atoms with Crippen LogP contribution in [0.2, 0.25) is 0 Å². The van der Waals surface area contributed by atoms with Gasteiger partial charge in [-0.2, -0.15) is 10.2 Å². The van der Waals surface area contributed by atoms with Crippen molar-refractivity contribution in [1.82, 2.24) is 25.3 Å². The van der Waals surface area contributed by atoms with Crippen molar-refractivity contribution in [2.45, 2.75) is 19.5 Å². The molecule has 0 bridgehead atoms. The Morgan fingerprint density at radius 1 is 1.56 bits per heavy atom. The number of carbonyl (C=O) groups is 1. The van der Waals surface area contributed by atoms with E-state index in [0.29, 0.717) is 6.54 Å². The van der Waals surface area contributed by atoms with Gasteiger partial charge in [-0.15, -0.1) is 0 Å². The zero-order valence-electron chi connectivity index (χ0n) is 9.83. The molecule has 2 N–H and O–H groups in total. The molecule has 2 aromatic heterocycles. The van der Waals surface area contributed by atoms with E-state index in [0.717, 1.165) is 0 Å². The normalized spacial score (nSPS) is 12.1. The third kappa shape index (κ3) is 3.03. The number of rotatable bonds is 4. The summed E-state index contributed by atoms with van der Waals surface area (Å²) in [6.45, 7) is 2.44. The summed E-state index contributed by atoms with van der Waals surface area (Å²) in [5.41, 5.74) is -0.155. The van der Waals surface area contributed by atoms with E-state index >= 15 is 0 Å². The van der Waals surface area contributed by atoms with Gasteiger partial charge < -0.3 is 5.32 Å². The summed E-state index contributed by atoms with van der Waals surface area (Å²) < 4.78 is 1.73. The van der Waals surface area contributed by atoms with Crippen LogP contribution in [0, 0.1) is 0 Å². The predicted octanol–water partition coefficient (Wildman–Crippen LogP) is -0.215. The van der Waals surface area contributed by atoms with Crippen molar-refractivity contribution in [3.05, 3.63) is 46.6 Å². The molecule has 0 fully saturated rings. The fraction of sp³-hybridized carbons (Fsp3) is 0.273. The summed E-state index contributed by atoms with van der Waals surface area (Å²) in [6.07, 6.45) is 3.50. The SMILES string of the molecule is CC(Cn1cccn1)NC(=O)c1ccc(=O)[nH]n1. The van der Waals surface area contributed by atoms with Gasteiger partial charge in [-0.05, 0) is 19.1 Å². The average Bonchev–Trinajstić information content (AvgIpc) is 2.82. The minimum absolute atomic E-state index is 0.0915. The van der Waals surface area contributed by atoms with Crippen LogP contribution in [-0.2, 0) is 6.54 Å². The van der Waals surface area contributed by atoms with Crippen LogP contribution in [0.3, 0.4) is 0 Å². The summed E-state index contributed by atoms with van der Waals surface area (Å²) in [5, 5.41) is 12.7. The predicted molar refractivity (Wildman–Crippen MR) is 64.0 cm³/mol. The summed E-state index contributed by atoms with van der Waals surface area (Å²) in [7, 11) is 0. The maximum Gasteiger partial charge on any atom is 0.271 e. The molecule has 0 radical (unpaired) electrons. The number of nitrogens with zero attached hydrogens (tertiary/aromatic N) is 3. The zero-order valence-corrected chi connectivity index (χ0v) is 9.83. The molecular formula is C11H13N5O2. The van der Waals surface area contributed by atoms with Gasteiger partial charge in [0.15, 0.2) is 0 Å². The third-order valence-corrected chi connectivity index (χ3v) is 2.31. The fourth-order valence-corrected chi connectivity index (χ4v) is 1.50. The molecule has 2 heterocycles. The van der Waals surface area contributed by atoms with E-state index in [4.69, 9.17) is 0 Å². The molecular weight excluding hydrogens is 234 g/mol. The van der Waals surface area contributed by atoms with E-state index in [2.05, 4.69) is 20.6 Å². The molecule has 2 aromatic rings. The minimum Gasteiger partial charge on any atom is -0.346 e. The van der Waals surface area contributed by atoms with E-state index < -0.39 is 0 Å². The molecule has 18 heavy (non-hydrogen) atoms. The Balaban J connectivity index is 1.94. The minimum atomic E-state index is -0.337. The van der Waals surface area contributed by atoms with Gasteiger partial charge in [0.1, 0.15) is 5.69 Å². The van der Waals surface area contributed by atoms with Crippen LogP contribution < -0.4 is 10.9 Å². The van der Waals surface area contributed by atoms with Crippen LogP contribution in [0.4, 0.5) is 0 Å². The molecule has 1 unspecified atom stereocenters. The molecule has 0 spiro atoms. The number of aromatic nitrogens is 4. The van der Waals surface area contributed by atoms with Crippen LogP contribution in [-0.4, -0.2) is 31.9 Å². The lowest BCUT2D eigenvalue weighted by molar-refractivity contribution is 0.0930. The quantitative estimate of drug-likeness (QED) is 0.781. The Hall–Kier alpha value is -2.44. The molecule has 0 aromatic carbocycles. The van der Waals surface area contributed by atoms with Crippen molar-refractivity contribution >= 4 is 5.91 Å². The molecule has 1 atom stereocenters. The zero-order chi connectivity index (χ0) is 13.0. The third-order valence-electron chi connectivity index (χ3n) is 2.31. The lowest BCUT2D eigenvalue weighted by Gasteiger charge is -2.13. The number of H-pyrrole nitrogens is 1. The maximum absolute atomic E-state index is 11.8. The first-order valence-corrected chi connectivity index (χ1v) is 5.49. The first-order chi connectivity index (χ1) is 8.65. The molecule has 0 aliphatic carbocycles. The fourth-order valence-electron chi connectivity index (χ4n) is 1.50. The maximum atomic E-state index is 11.8. The second-order valence-corrected chi connectivity index (χ2v) is 3.91. The van der Waals surface area contributed by atoms with Crippen molar-refractivity contribution in [2.24, 2.45) is 0 Å². The second kappa shape index (κ2) is 5.26. The van der Waals surface area contributed by atoms with Crippen LogP contribution in [0.15, 0.2) is 35.4 Å². The molecule has 7 heteroatoms. The van der Waals surface area contributed by atoms with Gasteiger partial charge in [0.2, 0.25) is 0 Å². The van der Waals surface area contributed by atoms with Gasteiger partial charge in [0.25, 0.3) is 11.5 Å². The summed E-state index contributed by atoms with van der Waals surface area (Å²) in [5.74, 6) is -0.328. The van der Waals surface area contributed by atoms with Crippen LogP contribution >= 0.6 is 0 Å². The highest BCUT2D eigenvalue weighted by Gasteiger charge is 2.11. The number of hydrogen-bond acceptors (Lipinski definition) is 4. The van der Waals surface area contributed by atoms with Gasteiger partial charge in [-0.25, -0.2) is 5.10 Å². The highest BCUT2D eigenvalue weighted by molar-refractivity contribution is 5.92. The number of aromatic amines is 1. The lowest BCUT2D eigenvalue weighted by atomic mass is 10.3. The van der Waals surface area contributed by atoms with Crippen LogP contribution in [0.5, 0.6) is 0 Å². The van der Waals surface area contributed by atoms with Crippen LogP contribution in [0.25, 0.3) is 0 Å². The molecule has 0 saturated carbocycles. The van der Waals surface area contributed by atoms with Crippen molar-refractivity contribution in [3.8, 4) is 0 Å². The molecule has 7 nitrogen and oxygen atoms in total. The van der Waals surface area contributed by atoms with E-state index in [-0.39, 0.29) is 23.2 Å². The first-order valence-electron chi connectivity index (χ1n) is 5.49. The number of nitrogens with one attached hydrogen (secondary N) is 2. The molecule has 94 valence electrons. The molecule has 0 saturated heterocycles. The van der Waals surface area contributed by atoms with Gasteiger partial charge in [0, 0.05) is 24.5 Å². The Labute approximate surface area is 103 Å². The second-order valence-electron chi connectivity index (χ2n) is 3.91. The Morgan fingerprint density at radius 2 is 2.39 bits per heavy atom. The van der Waals surface area contributed by atoms with Gasteiger partial charge >= 0.3 is 0 Å². The van der Waals surface area contributed by atoms with E-state index in [1.807, 2.05) is 19.2 Å². The Morgan fingerprint density at radius 3 is 3.00 bits per heavy atom. The summed E-state index contributed by atoms with van der Waals surface area (Å²) in [4.78, 5) is 22.6. The van der Waals surface area contributed by atoms with Gasteiger partial charge in [-0.3, -0.25) is 14.3 Å². The number of hydrogen-bond donors (Lipinski definition) is 2. The van der Waals surface area contributed by atoms with E-state index in [9.17, 15) is 9.59 Å². The number of carbonyl (C=O) groups excluding carboxylic acids is 1. The average molecular weight is 247 g/mol. The van der Waals surface area contributed by atoms with E-state index in [1.165, 1.54) is 12.1 Å². The van der Waals surface area contributed by atoms with Crippen molar-refractivity contribution in [3.63, 3.8) is 0 Å². The highest BCUT2D eigenvalue weighted by atomic mass is 16.2. The monoisotopic (exact) mass is 247 g/mol. The van der Waals surface area contributed by atoms with Crippen LogP contribution in [0.1, 0.15) is 17.4 Å². The largest absolute Gasteiger partial charge is 0.346 e. The van der Waals surface area contributed by atoms with Crippen molar-refractivity contribution < 1.29 is 4.79 Å². The van der Waals surface area contributed by atoms with Crippen molar-refractivity contribution in [1.29, 1.82) is 0 Å². The standard InChI is InChI=1S/C11H13N5O2/c1-8(7-16-6-2-5-12-16)13-11(18)9-3-4-10(17)15-14-9/h2-6,8H,7H2,1H3,(H,13,18)(H,15,17). The van der Waals surface area contributed by atoms with Crippen molar-refractivity contribution in [2.75, 3.05) is 0 Å². The Kier molecular flexibility index (Phi) is 3.52. The number of amides is 1. The summed E-state index contributed by atoms with van der Waals surface area (Å²) >= 11 is 0. The summed E-state index contributed by atoms with van der Waals surface area (Å²) in [6, 6.07) is 4.37. The van der Waals surface area contributed by atoms with E-state index in [1.54, 1.807) is 10.9 Å². The first kappa shape index (κ1) is 12.0. The molecule has 0 aliphatic rings. The molecule has 0 aliphatic heterocycles. The highest BCUT2D eigenvalue weighted by Crippen LogP contribution is 1.94. The molecule has 1 amide bonds. The topological polar surface area (TPSA) is 92.7 Å². The van der Waals surface area contributed by atoms with Gasteiger partial charge in [0.05, 0.1) is 6.54 Å². The Bertz CT molecular complexity index is 555. The molecule has 2 rings (SSSR count). The lowest BCUT2D eigenvalue weighted by Crippen LogP contribution is -2.36.